The number of esters is 2. The molecule has 0 aromatic carbocycles. The standard InChI is InChI=1S/C40H60O13/c1-19(15-22(50-20(2)41)33-36(5,6)53-33)28-30(47)32(48)38(8)24-10-9-23-35(3,4)25(11-12-39(23)18-40(24,39)14-13-37(28,38)7)51-34-31(29(46)21(42)17-49-34)52-27(45)16-26(43)44/h19,21-25,28-29,31-34,42,46,48H,9-18H2,1-8H3,(H,43,44)/t19-,21-,22-,23?,24+,25+,28+,29+,31-,32+,33+,34+,37-,38-,39-,40+/m1/s1. The zero-order chi connectivity index (χ0) is 38.8. The molecule has 2 saturated heterocycles. The second-order valence-electron chi connectivity index (χ2n) is 19.4. The van der Waals surface area contributed by atoms with Gasteiger partial charge in [-0.15, -0.1) is 0 Å². The zero-order valence-electron chi connectivity index (χ0n) is 32.5. The Morgan fingerprint density at radius 1 is 0.943 bits per heavy atom. The number of carbonyl (C=O) groups is 4. The first-order valence-electron chi connectivity index (χ1n) is 19.7. The molecular formula is C40H60O13. The summed E-state index contributed by atoms with van der Waals surface area (Å²) in [6, 6.07) is 0. The van der Waals surface area contributed by atoms with Crippen molar-refractivity contribution in [3.63, 3.8) is 0 Å². The van der Waals surface area contributed by atoms with Crippen molar-refractivity contribution >= 4 is 23.7 Å². The van der Waals surface area contributed by atoms with Gasteiger partial charge in [0.1, 0.15) is 36.9 Å². The number of fused-ring (bicyclic) bond motifs is 2. The van der Waals surface area contributed by atoms with E-state index in [1.54, 1.807) is 0 Å². The summed E-state index contributed by atoms with van der Waals surface area (Å²) >= 11 is 0. The van der Waals surface area contributed by atoms with E-state index < -0.39 is 71.6 Å². The molecule has 13 heteroatoms. The topological polar surface area (TPSA) is 199 Å². The number of carboxylic acids is 1. The Balaban J connectivity index is 1.10. The Labute approximate surface area is 311 Å². The van der Waals surface area contributed by atoms with E-state index in [1.165, 1.54) is 6.92 Å². The largest absolute Gasteiger partial charge is 0.481 e. The first-order valence-corrected chi connectivity index (χ1v) is 19.7. The SMILES string of the molecule is CC(=O)O[C@H](C[C@@H](C)[C@H]1C(=O)[C@H](O)[C@@]2(C)[C@@H]3CCC4C(C)(C)[C@@H](O[C@@H]5OC[C@@H](O)[C@H](O)[C@H]5OC(=O)CC(=O)O)CC[C@@]45C[C@@]35CC[C@]12C)[C@@H]1OC1(C)C. The molecular weight excluding hydrogens is 688 g/mol. The van der Waals surface area contributed by atoms with Gasteiger partial charge >= 0.3 is 17.9 Å². The molecule has 13 nitrogen and oxygen atoms in total. The molecule has 0 aromatic rings. The molecule has 7 fully saturated rings. The number of ether oxygens (including phenoxy) is 5. The lowest BCUT2D eigenvalue weighted by Gasteiger charge is -2.63. The number of ketones is 1. The van der Waals surface area contributed by atoms with Gasteiger partial charge in [0.05, 0.1) is 18.3 Å². The van der Waals surface area contributed by atoms with Gasteiger partial charge in [-0.25, -0.2) is 0 Å². The molecule has 0 radical (unpaired) electrons. The van der Waals surface area contributed by atoms with Crippen molar-refractivity contribution in [1.29, 1.82) is 0 Å². The average molecular weight is 749 g/mol. The highest BCUT2D eigenvalue weighted by Gasteiger charge is 2.84. The number of carbonyl (C=O) groups excluding carboxylic acids is 3. The van der Waals surface area contributed by atoms with Crippen LogP contribution in [0.4, 0.5) is 0 Å². The maximum Gasteiger partial charge on any atom is 0.317 e. The van der Waals surface area contributed by atoms with Gasteiger partial charge in [-0.3, -0.25) is 19.2 Å². The average Bonchev–Trinajstić information content (AvgIpc) is 3.91. The second-order valence-corrected chi connectivity index (χ2v) is 19.4. The highest BCUT2D eigenvalue weighted by molar-refractivity contribution is 5.91. The molecule has 2 aliphatic heterocycles. The number of carboxylic acid groups (broad SMARTS) is 1. The zero-order valence-corrected chi connectivity index (χ0v) is 32.5. The maximum absolute atomic E-state index is 14.3. The molecule has 298 valence electrons. The Bertz CT molecular complexity index is 1530. The molecule has 2 spiro atoms. The molecule has 1 unspecified atom stereocenters. The third-order valence-electron chi connectivity index (χ3n) is 16.2. The number of hydrogen-bond acceptors (Lipinski definition) is 12. The van der Waals surface area contributed by atoms with E-state index in [1.807, 2.05) is 13.8 Å². The van der Waals surface area contributed by atoms with E-state index in [2.05, 4.69) is 34.6 Å². The minimum Gasteiger partial charge on any atom is -0.481 e. The van der Waals surface area contributed by atoms with E-state index in [0.29, 0.717) is 12.8 Å². The number of epoxide rings is 1. The highest BCUT2D eigenvalue weighted by atomic mass is 16.7. The third-order valence-corrected chi connectivity index (χ3v) is 16.2. The summed E-state index contributed by atoms with van der Waals surface area (Å²) in [5.41, 5.74) is -1.83. The lowest BCUT2D eigenvalue weighted by molar-refractivity contribution is -0.305. The van der Waals surface area contributed by atoms with Gasteiger partial charge in [0.25, 0.3) is 0 Å². The monoisotopic (exact) mass is 748 g/mol. The third kappa shape index (κ3) is 5.67. The van der Waals surface area contributed by atoms with Crippen LogP contribution < -0.4 is 0 Å². The predicted molar refractivity (Wildman–Crippen MR) is 186 cm³/mol. The number of aliphatic hydroxyl groups is 3. The second kappa shape index (κ2) is 12.7. The summed E-state index contributed by atoms with van der Waals surface area (Å²) in [6.07, 6.45) is -1.80. The van der Waals surface area contributed by atoms with Gasteiger partial charge in [-0.2, -0.15) is 0 Å². The molecule has 53 heavy (non-hydrogen) atoms. The number of aliphatic carboxylic acids is 1. The van der Waals surface area contributed by atoms with Crippen molar-refractivity contribution in [1.82, 2.24) is 0 Å². The van der Waals surface area contributed by atoms with Crippen LogP contribution in [0.5, 0.6) is 0 Å². The van der Waals surface area contributed by atoms with Crippen LogP contribution in [-0.2, 0) is 42.9 Å². The van der Waals surface area contributed by atoms with Crippen LogP contribution in [-0.4, -0.2) is 105 Å². The van der Waals surface area contributed by atoms with E-state index in [9.17, 15) is 34.5 Å². The number of aliphatic hydroxyl groups excluding tert-OH is 3. The highest BCUT2D eigenvalue weighted by Crippen LogP contribution is 2.89. The molecule has 5 saturated carbocycles. The quantitative estimate of drug-likeness (QED) is 0.110. The summed E-state index contributed by atoms with van der Waals surface area (Å²) in [4.78, 5) is 49.8. The molecule has 0 aromatic heterocycles. The first-order chi connectivity index (χ1) is 24.6. The van der Waals surface area contributed by atoms with Crippen LogP contribution in [0.25, 0.3) is 0 Å². The fourth-order valence-electron chi connectivity index (χ4n) is 13.6. The molecule has 4 N–H and O–H groups in total. The van der Waals surface area contributed by atoms with Crippen molar-refractivity contribution in [2.45, 2.75) is 168 Å². The first kappa shape index (κ1) is 39.1. The predicted octanol–water partition coefficient (Wildman–Crippen LogP) is 3.56. The van der Waals surface area contributed by atoms with Crippen molar-refractivity contribution in [3.8, 4) is 0 Å². The van der Waals surface area contributed by atoms with E-state index in [-0.39, 0.29) is 70.5 Å². The van der Waals surface area contributed by atoms with Crippen LogP contribution >= 0.6 is 0 Å². The lowest BCUT2D eigenvalue weighted by atomic mass is 9.41. The van der Waals surface area contributed by atoms with Crippen LogP contribution in [0.1, 0.15) is 113 Å². The van der Waals surface area contributed by atoms with E-state index >= 15 is 0 Å². The fraction of sp³-hybridized carbons (Fsp3) is 0.900. The van der Waals surface area contributed by atoms with Crippen molar-refractivity contribution in [3.05, 3.63) is 0 Å². The van der Waals surface area contributed by atoms with Gasteiger partial charge in [-0.1, -0.05) is 34.6 Å². The summed E-state index contributed by atoms with van der Waals surface area (Å²) in [5.74, 6) is -2.99. The Morgan fingerprint density at radius 2 is 1.58 bits per heavy atom. The van der Waals surface area contributed by atoms with Crippen LogP contribution in [0.15, 0.2) is 0 Å². The smallest absolute Gasteiger partial charge is 0.317 e. The minimum atomic E-state index is -1.50. The summed E-state index contributed by atoms with van der Waals surface area (Å²) in [7, 11) is 0. The van der Waals surface area contributed by atoms with Gasteiger partial charge in [-0.05, 0) is 105 Å². The number of Topliss-reactive ketones (excluding diaryl/α,β-unsaturated/α-hetero) is 1. The Morgan fingerprint density at radius 3 is 2.21 bits per heavy atom. The van der Waals surface area contributed by atoms with Crippen LogP contribution in [0.2, 0.25) is 0 Å². The Kier molecular flexibility index (Phi) is 9.35. The molecule has 0 amide bonds. The number of rotatable bonds is 10. The molecule has 16 atom stereocenters. The summed E-state index contributed by atoms with van der Waals surface area (Å²) in [5, 5.41) is 42.2. The number of hydrogen-bond donors (Lipinski definition) is 4. The van der Waals surface area contributed by atoms with E-state index in [0.717, 1.165) is 38.5 Å². The molecule has 2 heterocycles. The van der Waals surface area contributed by atoms with Gasteiger partial charge in [0, 0.05) is 18.3 Å². The summed E-state index contributed by atoms with van der Waals surface area (Å²) in [6.45, 7) is 16.0. The molecule has 7 aliphatic rings. The maximum atomic E-state index is 14.3. The summed E-state index contributed by atoms with van der Waals surface area (Å²) < 4.78 is 29.3. The van der Waals surface area contributed by atoms with Crippen molar-refractivity contribution < 1.29 is 63.3 Å². The molecule has 7 rings (SSSR count). The molecule has 0 bridgehead atoms. The van der Waals surface area contributed by atoms with Gasteiger partial charge in [0.2, 0.25) is 0 Å². The van der Waals surface area contributed by atoms with Crippen LogP contribution in [0, 0.1) is 50.7 Å². The van der Waals surface area contributed by atoms with Gasteiger partial charge < -0.3 is 44.1 Å². The van der Waals surface area contributed by atoms with Crippen molar-refractivity contribution in [2.24, 2.45) is 50.7 Å². The Hall–Kier alpha value is -2.16. The van der Waals surface area contributed by atoms with Crippen LogP contribution in [0.3, 0.4) is 0 Å². The fourth-order valence-corrected chi connectivity index (χ4v) is 13.6. The molecule has 5 aliphatic carbocycles. The minimum absolute atomic E-state index is 0.0158. The normalized spacial score (nSPS) is 48.5. The lowest BCUT2D eigenvalue weighted by Crippen LogP contribution is -2.61. The van der Waals surface area contributed by atoms with Gasteiger partial charge in [0.15, 0.2) is 18.2 Å². The van der Waals surface area contributed by atoms with Crippen molar-refractivity contribution in [2.75, 3.05) is 6.61 Å². The van der Waals surface area contributed by atoms with E-state index in [4.69, 9.17) is 28.8 Å².